The van der Waals surface area contributed by atoms with Gasteiger partial charge < -0.3 is 9.31 Å². The first-order valence-electron chi connectivity index (χ1n) is 1.92. The van der Waals surface area contributed by atoms with Crippen LogP contribution in [0.15, 0.2) is 0 Å². The van der Waals surface area contributed by atoms with Crippen LogP contribution >= 0.6 is 63.7 Å². The Morgan fingerprint density at radius 2 is 1.22 bits per heavy atom. The molecule has 0 radical (unpaired) electrons. The molecule has 0 aromatic heterocycles. The summed E-state index contributed by atoms with van der Waals surface area (Å²) in [4.78, 5) is 0. The molecule has 0 aliphatic rings. The molecule has 7 heteroatoms. The molecule has 0 aromatic carbocycles. The molecule has 0 aromatic rings. The predicted octanol–water partition coefficient (Wildman–Crippen LogP) is 2.43. The maximum Gasteiger partial charge on any atom is 0.440 e. The van der Waals surface area contributed by atoms with Crippen molar-refractivity contribution >= 4 is 71.4 Å². The van der Waals surface area contributed by atoms with E-state index in [0.29, 0.717) is 0 Å². The van der Waals surface area contributed by atoms with Crippen molar-refractivity contribution in [2.24, 2.45) is 0 Å². The van der Waals surface area contributed by atoms with Gasteiger partial charge in [-0.3, -0.25) is 0 Å². The van der Waals surface area contributed by atoms with E-state index >= 15 is 0 Å². The number of halogens is 4. The third-order valence-electron chi connectivity index (χ3n) is 0.388. The zero-order chi connectivity index (χ0) is 7.28. The van der Waals surface area contributed by atoms with Crippen LogP contribution in [0, 0.1) is 0 Å². The van der Waals surface area contributed by atoms with E-state index in [2.05, 4.69) is 63.7 Å². The third kappa shape index (κ3) is 9.90. The normalized spacial score (nSPS) is 10.9. The average molecular weight is 389 g/mol. The van der Waals surface area contributed by atoms with Crippen LogP contribution in [0.2, 0.25) is 0 Å². The Balaban J connectivity index is 2.91. The summed E-state index contributed by atoms with van der Waals surface area (Å²) in [6.07, 6.45) is 0. The molecule has 0 saturated carbocycles. The van der Waals surface area contributed by atoms with Gasteiger partial charge in [-0.2, -0.15) is 0 Å². The second-order valence-corrected chi connectivity index (χ2v) is 6.76. The molecule has 0 unspecified atom stereocenters. The predicted molar refractivity (Wildman–Crippen MR) is 52.6 cm³/mol. The van der Waals surface area contributed by atoms with E-state index in [1.165, 1.54) is 0 Å². The Bertz CT molecular complexity index is 61.6. The van der Waals surface area contributed by atoms with Gasteiger partial charge in [0.1, 0.15) is 0 Å². The smallest absolute Gasteiger partial charge is 0.392 e. The number of rotatable bonds is 4. The molecule has 2 nitrogen and oxygen atoms in total. The Morgan fingerprint density at radius 3 is 1.44 bits per heavy atom. The standard InChI is InChI=1S/C2H3BBr4O2/c4-1(5)8-3-9-2(6)7/h1-3H. The molecule has 0 saturated heterocycles. The van der Waals surface area contributed by atoms with Crippen molar-refractivity contribution in [2.75, 3.05) is 0 Å². The van der Waals surface area contributed by atoms with E-state index in [1.807, 2.05) is 0 Å². The maximum atomic E-state index is 4.90. The van der Waals surface area contributed by atoms with Crippen LogP contribution in [0.1, 0.15) is 0 Å². The molecule has 0 spiro atoms. The quantitative estimate of drug-likeness (QED) is 0.543. The molecular weight excluding hydrogens is 386 g/mol. The van der Waals surface area contributed by atoms with Gasteiger partial charge in [-0.05, 0) is 63.7 Å². The molecule has 0 atom stereocenters. The van der Waals surface area contributed by atoms with Crippen molar-refractivity contribution in [3.63, 3.8) is 0 Å². The van der Waals surface area contributed by atoms with Gasteiger partial charge in [0.25, 0.3) is 0 Å². The average Bonchev–Trinajstić information content (AvgIpc) is 1.63. The van der Waals surface area contributed by atoms with Gasteiger partial charge >= 0.3 is 7.69 Å². The summed E-state index contributed by atoms with van der Waals surface area (Å²) >= 11 is 12.4. The summed E-state index contributed by atoms with van der Waals surface area (Å²) in [7, 11) is 0.225. The molecular formula is C2H3BBr4O2. The topological polar surface area (TPSA) is 18.5 Å². The number of hydrogen-bond donors (Lipinski definition) is 0. The van der Waals surface area contributed by atoms with Gasteiger partial charge in [-0.1, -0.05) is 0 Å². The first-order valence-corrected chi connectivity index (χ1v) is 5.58. The zero-order valence-corrected chi connectivity index (χ0v) is 10.5. The van der Waals surface area contributed by atoms with Crippen LogP contribution < -0.4 is 0 Å². The van der Waals surface area contributed by atoms with Crippen LogP contribution in [0.25, 0.3) is 0 Å². The van der Waals surface area contributed by atoms with Crippen molar-refractivity contribution in [3.8, 4) is 0 Å². The van der Waals surface area contributed by atoms with Gasteiger partial charge in [0.05, 0.1) is 0 Å². The monoisotopic (exact) mass is 386 g/mol. The van der Waals surface area contributed by atoms with Crippen molar-refractivity contribution in [1.82, 2.24) is 0 Å². The molecule has 0 aliphatic carbocycles. The summed E-state index contributed by atoms with van der Waals surface area (Å²) in [5.41, 5.74) is 0. The highest BCUT2D eigenvalue weighted by atomic mass is 79.9. The molecule has 0 rings (SSSR count). The molecule has 0 fully saturated rings. The van der Waals surface area contributed by atoms with E-state index in [-0.39, 0.29) is 15.5 Å². The lowest BCUT2D eigenvalue weighted by Crippen LogP contribution is -2.08. The Labute approximate surface area is 87.9 Å². The van der Waals surface area contributed by atoms with Gasteiger partial charge in [-0.25, -0.2) is 0 Å². The van der Waals surface area contributed by atoms with E-state index < -0.39 is 0 Å². The van der Waals surface area contributed by atoms with Crippen molar-refractivity contribution in [3.05, 3.63) is 0 Å². The van der Waals surface area contributed by atoms with Crippen molar-refractivity contribution in [1.29, 1.82) is 0 Å². The van der Waals surface area contributed by atoms with Crippen molar-refractivity contribution < 1.29 is 9.31 Å². The lowest BCUT2D eigenvalue weighted by molar-refractivity contribution is 0.272. The Morgan fingerprint density at radius 1 is 0.889 bits per heavy atom. The zero-order valence-electron chi connectivity index (χ0n) is 4.19. The van der Waals surface area contributed by atoms with Gasteiger partial charge in [-0.15, -0.1) is 0 Å². The molecule has 0 heterocycles. The summed E-state index contributed by atoms with van der Waals surface area (Å²) in [6, 6.07) is 0. The molecule has 9 heavy (non-hydrogen) atoms. The van der Waals surface area contributed by atoms with Crippen LogP contribution in [-0.4, -0.2) is 15.5 Å². The van der Waals surface area contributed by atoms with Gasteiger partial charge in [0.15, 0.2) is 7.85 Å². The third-order valence-corrected chi connectivity index (χ3v) is 1.45. The summed E-state index contributed by atoms with van der Waals surface area (Å²) in [5.74, 6) is 0. The van der Waals surface area contributed by atoms with E-state index in [0.717, 1.165) is 0 Å². The highest BCUT2D eigenvalue weighted by molar-refractivity contribution is 9.24. The van der Waals surface area contributed by atoms with Crippen LogP contribution in [0.3, 0.4) is 0 Å². The summed E-state index contributed by atoms with van der Waals surface area (Å²) in [5, 5.41) is 0. The first kappa shape index (κ1) is 10.9. The lowest BCUT2D eigenvalue weighted by atomic mass is 10.4. The molecule has 54 valence electrons. The first-order chi connectivity index (χ1) is 4.13. The van der Waals surface area contributed by atoms with E-state index in [9.17, 15) is 0 Å². The largest absolute Gasteiger partial charge is 0.440 e. The Hall–Kier alpha value is 1.90. The summed E-state index contributed by atoms with van der Waals surface area (Å²) in [6.45, 7) is 0. The number of alkyl halides is 4. The van der Waals surface area contributed by atoms with Gasteiger partial charge in [0, 0.05) is 0 Å². The molecule has 0 bridgehead atoms. The summed E-state index contributed by atoms with van der Waals surface area (Å²) < 4.78 is 9.51. The second kappa shape index (κ2) is 6.60. The second-order valence-electron chi connectivity index (χ2n) is 0.972. The lowest BCUT2D eigenvalue weighted by Gasteiger charge is -2.04. The van der Waals surface area contributed by atoms with Crippen LogP contribution in [0.4, 0.5) is 0 Å². The van der Waals surface area contributed by atoms with Crippen LogP contribution in [-0.2, 0) is 9.31 Å². The maximum absolute atomic E-state index is 4.90. The molecule has 0 aliphatic heterocycles. The van der Waals surface area contributed by atoms with Gasteiger partial charge in [0.2, 0.25) is 0 Å². The fourth-order valence-electron chi connectivity index (χ4n) is 0.142. The fraction of sp³-hybridized carbons (Fsp3) is 1.00. The fourth-order valence-corrected chi connectivity index (χ4v) is 0.574. The van der Waals surface area contributed by atoms with Crippen LogP contribution in [0.5, 0.6) is 0 Å². The Kier molecular flexibility index (Phi) is 8.00. The van der Waals surface area contributed by atoms with E-state index in [4.69, 9.17) is 9.31 Å². The SMILES string of the molecule is BrC(Br)OBOC(Br)Br. The minimum absolute atomic E-state index is 0.149. The molecule has 0 amide bonds. The highest BCUT2D eigenvalue weighted by Gasteiger charge is 2.02. The van der Waals surface area contributed by atoms with E-state index in [1.54, 1.807) is 0 Å². The number of hydrogen-bond acceptors (Lipinski definition) is 2. The minimum Gasteiger partial charge on any atom is -0.392 e. The van der Waals surface area contributed by atoms with Crippen molar-refractivity contribution in [2.45, 2.75) is 7.85 Å². The highest BCUT2D eigenvalue weighted by Crippen LogP contribution is 2.11. The molecule has 0 N–H and O–H groups in total. The minimum atomic E-state index is -0.149.